The van der Waals surface area contributed by atoms with E-state index in [1.807, 2.05) is 93.6 Å². The minimum absolute atomic E-state index is 0.0233. The molecule has 8 rings (SSSR count). The number of nitrogens with one attached hydrogen (secondary N) is 1. The van der Waals surface area contributed by atoms with Crippen LogP contribution in [0.15, 0.2) is 97.1 Å². The van der Waals surface area contributed by atoms with Crippen LogP contribution < -0.4 is 5.32 Å². The van der Waals surface area contributed by atoms with Crippen LogP contribution in [0.1, 0.15) is 122 Å². The van der Waals surface area contributed by atoms with E-state index in [2.05, 4.69) is 17.1 Å². The fraction of sp³-hybridized carbons (Fsp3) is 0.438. The fourth-order valence-electron chi connectivity index (χ4n) is 9.58. The molecule has 2 N–H and O–H groups in total. The monoisotopic (exact) mass is 769 g/mol. The van der Waals surface area contributed by atoms with E-state index >= 15 is 0 Å². The maximum atomic E-state index is 13.9. The van der Waals surface area contributed by atoms with Crippen LogP contribution in [-0.4, -0.2) is 62.9 Å². The second-order valence-corrected chi connectivity index (χ2v) is 17.5. The number of likely N-dealkylation sites (tertiary alicyclic amines) is 1. The van der Waals surface area contributed by atoms with E-state index in [1.54, 1.807) is 24.3 Å². The first kappa shape index (κ1) is 39.2. The van der Waals surface area contributed by atoms with Gasteiger partial charge in [0.1, 0.15) is 0 Å². The van der Waals surface area contributed by atoms with E-state index in [0.29, 0.717) is 29.6 Å². The van der Waals surface area contributed by atoms with Crippen molar-refractivity contribution in [1.29, 1.82) is 0 Å². The van der Waals surface area contributed by atoms with E-state index in [0.717, 1.165) is 52.6 Å². The van der Waals surface area contributed by atoms with Crippen molar-refractivity contribution < 1.29 is 29.0 Å². The van der Waals surface area contributed by atoms with Gasteiger partial charge in [-0.05, 0) is 92.3 Å². The Morgan fingerprint density at radius 1 is 0.772 bits per heavy atom. The lowest BCUT2D eigenvalue weighted by Crippen LogP contribution is -2.61. The summed E-state index contributed by atoms with van der Waals surface area (Å²) in [5.41, 5.74) is 6.05. The second kappa shape index (κ2) is 16.3. The van der Waals surface area contributed by atoms with Crippen LogP contribution in [0.4, 0.5) is 0 Å². The molecule has 9 heteroatoms. The molecule has 0 radical (unpaired) electrons. The topological polar surface area (TPSA) is 108 Å². The highest BCUT2D eigenvalue weighted by Crippen LogP contribution is 2.45. The average molecular weight is 770 g/mol. The molecule has 0 bridgehead atoms. The van der Waals surface area contributed by atoms with Gasteiger partial charge in [0.15, 0.2) is 6.29 Å². The first-order valence-corrected chi connectivity index (χ1v) is 20.7. The molecule has 4 aromatic rings. The summed E-state index contributed by atoms with van der Waals surface area (Å²) in [7, 11) is 0. The number of amides is 3. The third-order valence-corrected chi connectivity index (χ3v) is 12.5. The first-order valence-electron chi connectivity index (χ1n) is 20.7. The summed E-state index contributed by atoms with van der Waals surface area (Å²) in [5, 5.41) is 13.1. The van der Waals surface area contributed by atoms with Crippen LogP contribution in [0, 0.1) is 11.8 Å². The van der Waals surface area contributed by atoms with E-state index in [-0.39, 0.29) is 60.6 Å². The van der Waals surface area contributed by atoms with Crippen molar-refractivity contribution in [1.82, 2.24) is 15.1 Å². The standard InChI is InChI=1S/C48H55N3O6/c1-30-42(28-50-40-16-10-6-11-33(40)25-26-41(50)44(53)49-48(2,3)4)56-47(57-43(30)34-19-17-31(29-52)18-20-34)35-23-21-32(22-24-35)37-13-7-5-12-36(37)27-51-45(54)38-14-8-9-15-39(38)46(51)55/h5,7-9,12-15,17-24,30,33,40-43,47,52H,6,10-11,16,25-29H2,1-4H3,(H,49,53). The molecular weight excluding hydrogens is 715 g/mol. The summed E-state index contributed by atoms with van der Waals surface area (Å²) in [5.74, 6) is 0.100. The highest BCUT2D eigenvalue weighted by molar-refractivity contribution is 6.21. The Bertz CT molecular complexity index is 2060. The lowest BCUT2D eigenvalue weighted by molar-refractivity contribution is -0.278. The molecule has 298 valence electrons. The Balaban J connectivity index is 1.07. The smallest absolute Gasteiger partial charge is 0.261 e. The Labute approximate surface area is 336 Å². The molecule has 2 saturated heterocycles. The number of aliphatic hydroxyl groups is 1. The van der Waals surface area contributed by atoms with E-state index in [9.17, 15) is 19.5 Å². The maximum absolute atomic E-state index is 13.9. The maximum Gasteiger partial charge on any atom is 0.261 e. The molecule has 3 amide bonds. The number of aliphatic hydroxyl groups excluding tert-OH is 1. The lowest BCUT2D eigenvalue weighted by Gasteiger charge is -2.51. The number of nitrogens with zero attached hydrogens (tertiary/aromatic N) is 2. The Morgan fingerprint density at radius 2 is 1.40 bits per heavy atom. The molecule has 3 heterocycles. The van der Waals surface area contributed by atoms with Crippen LogP contribution in [-0.2, 0) is 27.4 Å². The van der Waals surface area contributed by atoms with Gasteiger partial charge in [-0.25, -0.2) is 0 Å². The zero-order valence-corrected chi connectivity index (χ0v) is 33.5. The van der Waals surface area contributed by atoms with Crippen molar-refractivity contribution in [2.24, 2.45) is 11.8 Å². The molecule has 9 nitrogen and oxygen atoms in total. The fourth-order valence-corrected chi connectivity index (χ4v) is 9.58. The van der Waals surface area contributed by atoms with Gasteiger partial charge in [0.05, 0.1) is 42.5 Å². The van der Waals surface area contributed by atoms with E-state index in [1.165, 1.54) is 24.2 Å². The van der Waals surface area contributed by atoms with Crippen LogP contribution >= 0.6 is 0 Å². The van der Waals surface area contributed by atoms with Crippen molar-refractivity contribution in [2.75, 3.05) is 6.54 Å². The minimum atomic E-state index is -0.662. The van der Waals surface area contributed by atoms with Gasteiger partial charge >= 0.3 is 0 Å². The molecule has 3 fully saturated rings. The number of hydrogen-bond donors (Lipinski definition) is 2. The van der Waals surface area contributed by atoms with Gasteiger partial charge < -0.3 is 19.9 Å². The minimum Gasteiger partial charge on any atom is -0.392 e. The third kappa shape index (κ3) is 8.08. The SMILES string of the molecule is CC1C(CN2C(C(=O)NC(C)(C)C)CCC3CCCCC32)OC(c2ccc(-c3ccccc3CN3C(=O)c4ccccc4C3=O)cc2)OC1c1ccc(CO)cc1. The summed E-state index contributed by atoms with van der Waals surface area (Å²) in [6.45, 7) is 9.08. The average Bonchev–Trinajstić information content (AvgIpc) is 3.46. The van der Waals surface area contributed by atoms with Crippen molar-refractivity contribution in [3.05, 3.63) is 130 Å². The molecule has 7 atom stereocenters. The van der Waals surface area contributed by atoms with Gasteiger partial charge in [-0.15, -0.1) is 0 Å². The van der Waals surface area contributed by atoms with E-state index in [4.69, 9.17) is 9.47 Å². The molecular formula is C48H55N3O6. The molecule has 4 aliphatic rings. The predicted octanol–water partition coefficient (Wildman–Crippen LogP) is 8.37. The van der Waals surface area contributed by atoms with Gasteiger partial charge in [0.2, 0.25) is 5.91 Å². The summed E-state index contributed by atoms with van der Waals surface area (Å²) >= 11 is 0. The largest absolute Gasteiger partial charge is 0.392 e. The van der Waals surface area contributed by atoms with Crippen LogP contribution in [0.5, 0.6) is 0 Å². The quantitative estimate of drug-likeness (QED) is 0.165. The number of piperidine rings is 1. The van der Waals surface area contributed by atoms with Crippen LogP contribution in [0.25, 0.3) is 11.1 Å². The zero-order valence-electron chi connectivity index (χ0n) is 33.5. The Morgan fingerprint density at radius 3 is 2.07 bits per heavy atom. The number of ether oxygens (including phenoxy) is 2. The normalized spacial score (nSPS) is 26.5. The van der Waals surface area contributed by atoms with Crippen LogP contribution in [0.2, 0.25) is 0 Å². The number of carbonyl (C=O) groups is 3. The highest BCUT2D eigenvalue weighted by Gasteiger charge is 2.46. The summed E-state index contributed by atoms with van der Waals surface area (Å²) in [6, 6.07) is 31.1. The molecule has 1 saturated carbocycles. The van der Waals surface area contributed by atoms with Gasteiger partial charge in [0.25, 0.3) is 11.8 Å². The second-order valence-electron chi connectivity index (χ2n) is 17.5. The van der Waals surface area contributed by atoms with Crippen molar-refractivity contribution in [2.45, 2.75) is 115 Å². The lowest BCUT2D eigenvalue weighted by atomic mass is 9.75. The molecule has 1 aliphatic carbocycles. The van der Waals surface area contributed by atoms with Gasteiger partial charge in [-0.3, -0.25) is 24.2 Å². The molecule has 3 aliphatic heterocycles. The summed E-state index contributed by atoms with van der Waals surface area (Å²) in [4.78, 5) is 44.2. The number of hydrogen-bond acceptors (Lipinski definition) is 7. The number of fused-ring (bicyclic) bond motifs is 2. The molecule has 7 unspecified atom stereocenters. The third-order valence-electron chi connectivity index (χ3n) is 12.5. The van der Waals surface area contributed by atoms with Crippen molar-refractivity contribution in [3.63, 3.8) is 0 Å². The number of imide groups is 1. The first-order chi connectivity index (χ1) is 27.5. The van der Waals surface area contributed by atoms with E-state index < -0.39 is 6.29 Å². The number of rotatable bonds is 9. The molecule has 0 spiro atoms. The molecule has 4 aromatic carbocycles. The summed E-state index contributed by atoms with van der Waals surface area (Å²) in [6.07, 6.45) is 5.46. The zero-order chi connectivity index (χ0) is 39.8. The molecule has 0 aromatic heterocycles. The highest BCUT2D eigenvalue weighted by atomic mass is 16.7. The van der Waals surface area contributed by atoms with Crippen molar-refractivity contribution >= 4 is 17.7 Å². The Hall–Kier alpha value is -4.67. The van der Waals surface area contributed by atoms with Gasteiger partial charge in [-0.1, -0.05) is 105 Å². The number of benzene rings is 4. The summed E-state index contributed by atoms with van der Waals surface area (Å²) < 4.78 is 13.8. The predicted molar refractivity (Wildman–Crippen MR) is 219 cm³/mol. The van der Waals surface area contributed by atoms with Crippen molar-refractivity contribution in [3.8, 4) is 11.1 Å². The van der Waals surface area contributed by atoms with Gasteiger partial charge in [-0.2, -0.15) is 0 Å². The van der Waals surface area contributed by atoms with Crippen LogP contribution in [0.3, 0.4) is 0 Å². The molecule has 57 heavy (non-hydrogen) atoms. The Kier molecular flexibility index (Phi) is 11.2. The van der Waals surface area contributed by atoms with Gasteiger partial charge in [0, 0.05) is 29.6 Å². The number of carbonyl (C=O) groups excluding carboxylic acids is 3.